The van der Waals surface area contributed by atoms with Crippen LogP contribution in [0.1, 0.15) is 5.56 Å². The summed E-state index contributed by atoms with van der Waals surface area (Å²) in [5, 5.41) is 3.73. The van der Waals surface area contributed by atoms with Crippen molar-refractivity contribution in [3.63, 3.8) is 0 Å². The Morgan fingerprint density at radius 3 is 2.42 bits per heavy atom. The molecular weight excluding hydrogens is 327 g/mol. The van der Waals surface area contributed by atoms with Gasteiger partial charge in [-0.05, 0) is 34.5 Å². The average Bonchev–Trinajstić information content (AvgIpc) is 2.77. The van der Waals surface area contributed by atoms with Crippen molar-refractivity contribution in [2.75, 3.05) is 5.73 Å². The van der Waals surface area contributed by atoms with Crippen molar-refractivity contribution >= 4 is 50.2 Å². The van der Waals surface area contributed by atoms with Gasteiger partial charge in [0.25, 0.3) is 0 Å². The van der Waals surface area contributed by atoms with E-state index in [9.17, 15) is 8.42 Å². The Kier molecular flexibility index (Phi) is 4.37. The highest BCUT2D eigenvalue weighted by Gasteiger charge is 2.22. The van der Waals surface area contributed by atoms with Crippen LogP contribution in [0.5, 0.6) is 0 Å². The zero-order valence-corrected chi connectivity index (χ0v) is 12.7. The van der Waals surface area contributed by atoms with Gasteiger partial charge in [0.15, 0.2) is 0 Å². The number of nitrogen functional groups attached to an aromatic ring is 1. The summed E-state index contributed by atoms with van der Waals surface area (Å²) < 4.78 is 26.8. The number of benzene rings is 1. The first kappa shape index (κ1) is 14.6. The van der Waals surface area contributed by atoms with Gasteiger partial charge in [-0.15, -0.1) is 0 Å². The third-order valence-electron chi connectivity index (χ3n) is 2.34. The molecule has 0 unspecified atom stereocenters. The van der Waals surface area contributed by atoms with Crippen LogP contribution in [0, 0.1) is 0 Å². The molecule has 8 heteroatoms. The highest BCUT2D eigenvalue weighted by atomic mass is 35.5. The van der Waals surface area contributed by atoms with Crippen molar-refractivity contribution in [3.8, 4) is 0 Å². The van der Waals surface area contributed by atoms with Gasteiger partial charge in [0.1, 0.15) is 4.90 Å². The number of hydrogen-bond acceptors (Lipinski definition) is 4. The van der Waals surface area contributed by atoms with Crippen molar-refractivity contribution in [1.82, 2.24) is 4.72 Å². The Balaban J connectivity index is 2.29. The van der Waals surface area contributed by atoms with Crippen molar-refractivity contribution in [1.29, 1.82) is 0 Å². The maximum atomic E-state index is 12.2. The Morgan fingerprint density at radius 1 is 1.26 bits per heavy atom. The molecule has 0 aliphatic carbocycles. The van der Waals surface area contributed by atoms with E-state index in [4.69, 9.17) is 28.9 Å². The molecule has 0 saturated heterocycles. The van der Waals surface area contributed by atoms with Gasteiger partial charge in [-0.1, -0.05) is 23.2 Å². The van der Waals surface area contributed by atoms with E-state index in [0.29, 0.717) is 5.69 Å². The monoisotopic (exact) mass is 336 g/mol. The van der Waals surface area contributed by atoms with E-state index >= 15 is 0 Å². The molecule has 102 valence electrons. The van der Waals surface area contributed by atoms with Crippen molar-refractivity contribution < 1.29 is 8.42 Å². The molecule has 0 fully saturated rings. The van der Waals surface area contributed by atoms with Gasteiger partial charge in [0, 0.05) is 12.2 Å². The molecule has 1 aromatic heterocycles. The first-order valence-electron chi connectivity index (χ1n) is 5.15. The molecule has 0 bridgehead atoms. The maximum absolute atomic E-state index is 12.2. The molecule has 0 radical (unpaired) electrons. The lowest BCUT2D eigenvalue weighted by Crippen LogP contribution is -2.23. The fraction of sp³-hybridized carbons (Fsp3) is 0.0909. The molecule has 1 aromatic carbocycles. The molecule has 0 saturated carbocycles. The van der Waals surface area contributed by atoms with E-state index in [1.807, 2.05) is 16.8 Å². The minimum absolute atomic E-state index is 0.00261. The Morgan fingerprint density at radius 2 is 1.89 bits per heavy atom. The molecule has 19 heavy (non-hydrogen) atoms. The van der Waals surface area contributed by atoms with Crippen LogP contribution >= 0.6 is 34.5 Å². The molecule has 2 aromatic rings. The zero-order valence-electron chi connectivity index (χ0n) is 9.56. The van der Waals surface area contributed by atoms with Crippen LogP contribution < -0.4 is 10.5 Å². The topological polar surface area (TPSA) is 72.2 Å². The number of thiophene rings is 1. The molecule has 0 aliphatic heterocycles. The number of nitrogens with two attached hydrogens (primary N) is 1. The molecule has 0 amide bonds. The predicted molar refractivity (Wildman–Crippen MR) is 79.2 cm³/mol. The van der Waals surface area contributed by atoms with E-state index < -0.39 is 10.0 Å². The van der Waals surface area contributed by atoms with Gasteiger partial charge >= 0.3 is 0 Å². The summed E-state index contributed by atoms with van der Waals surface area (Å²) in [5.41, 5.74) is 6.72. The highest BCUT2D eigenvalue weighted by molar-refractivity contribution is 7.89. The second-order valence-corrected chi connectivity index (χ2v) is 7.07. The lowest BCUT2D eigenvalue weighted by atomic mass is 10.3. The number of sulfonamides is 1. The average molecular weight is 337 g/mol. The summed E-state index contributed by atoms with van der Waals surface area (Å²) in [6.07, 6.45) is 0. The third kappa shape index (κ3) is 3.40. The van der Waals surface area contributed by atoms with E-state index in [0.717, 1.165) is 5.56 Å². The van der Waals surface area contributed by atoms with Crippen molar-refractivity contribution in [3.05, 3.63) is 44.6 Å². The Hall–Kier alpha value is -0.790. The van der Waals surface area contributed by atoms with E-state index in [1.165, 1.54) is 23.5 Å². The summed E-state index contributed by atoms with van der Waals surface area (Å²) in [5.74, 6) is 0. The quantitative estimate of drug-likeness (QED) is 0.842. The standard InChI is InChI=1S/C11H10Cl2N2O2S2/c12-9-3-8(14)4-10(13)11(9)19(16,17)15-5-7-1-2-18-6-7/h1-4,6,15H,5,14H2. The molecule has 1 heterocycles. The van der Waals surface area contributed by atoms with E-state index in [2.05, 4.69) is 4.72 Å². The van der Waals surface area contributed by atoms with Crippen LogP contribution in [0.2, 0.25) is 10.0 Å². The Labute approximate surface area is 125 Å². The maximum Gasteiger partial charge on any atom is 0.243 e. The molecule has 4 nitrogen and oxygen atoms in total. The van der Waals surface area contributed by atoms with Crippen LogP contribution in [-0.2, 0) is 16.6 Å². The van der Waals surface area contributed by atoms with E-state index in [-0.39, 0.29) is 21.5 Å². The second kappa shape index (κ2) is 5.68. The number of anilines is 1. The third-order valence-corrected chi connectivity index (χ3v) is 5.39. The van der Waals surface area contributed by atoms with Crippen LogP contribution in [-0.4, -0.2) is 8.42 Å². The molecule has 0 spiro atoms. The Bertz CT molecular complexity index is 662. The fourth-order valence-corrected chi connectivity index (χ4v) is 4.39. The predicted octanol–water partition coefficient (Wildman–Crippen LogP) is 3.12. The highest BCUT2D eigenvalue weighted by Crippen LogP contribution is 2.31. The van der Waals surface area contributed by atoms with Gasteiger partial charge in [0.2, 0.25) is 10.0 Å². The minimum atomic E-state index is -3.78. The second-order valence-electron chi connectivity index (χ2n) is 3.77. The minimum Gasteiger partial charge on any atom is -0.399 e. The van der Waals surface area contributed by atoms with E-state index in [1.54, 1.807) is 0 Å². The molecule has 3 N–H and O–H groups in total. The van der Waals surface area contributed by atoms with Gasteiger partial charge in [-0.3, -0.25) is 0 Å². The molecule has 0 atom stereocenters. The van der Waals surface area contributed by atoms with Crippen LogP contribution in [0.25, 0.3) is 0 Å². The van der Waals surface area contributed by atoms with Gasteiger partial charge in [-0.2, -0.15) is 11.3 Å². The van der Waals surface area contributed by atoms with Gasteiger partial charge in [0.05, 0.1) is 10.0 Å². The molecule has 2 rings (SSSR count). The normalized spacial score (nSPS) is 11.7. The first-order valence-corrected chi connectivity index (χ1v) is 8.33. The summed E-state index contributed by atoms with van der Waals surface area (Å²) in [7, 11) is -3.78. The smallest absolute Gasteiger partial charge is 0.243 e. The number of nitrogens with one attached hydrogen (secondary N) is 1. The summed E-state index contributed by atoms with van der Waals surface area (Å²) in [6.45, 7) is 0.183. The zero-order chi connectivity index (χ0) is 14.0. The van der Waals surface area contributed by atoms with Crippen LogP contribution in [0.3, 0.4) is 0 Å². The largest absolute Gasteiger partial charge is 0.399 e. The lowest BCUT2D eigenvalue weighted by Gasteiger charge is -2.10. The van der Waals surface area contributed by atoms with Crippen LogP contribution in [0.4, 0.5) is 5.69 Å². The number of hydrogen-bond donors (Lipinski definition) is 2. The summed E-state index contributed by atoms with van der Waals surface area (Å²) in [4.78, 5) is -0.153. The molecule has 0 aliphatic rings. The van der Waals surface area contributed by atoms with Crippen molar-refractivity contribution in [2.24, 2.45) is 0 Å². The number of rotatable bonds is 4. The van der Waals surface area contributed by atoms with Gasteiger partial charge in [-0.25, -0.2) is 13.1 Å². The number of halogens is 2. The van der Waals surface area contributed by atoms with Gasteiger partial charge < -0.3 is 5.73 Å². The fourth-order valence-electron chi connectivity index (χ4n) is 1.48. The van der Waals surface area contributed by atoms with Crippen LogP contribution in [0.15, 0.2) is 33.9 Å². The first-order chi connectivity index (χ1) is 8.90. The summed E-state index contributed by atoms with van der Waals surface area (Å²) >= 11 is 13.3. The SMILES string of the molecule is Nc1cc(Cl)c(S(=O)(=O)NCc2ccsc2)c(Cl)c1. The lowest BCUT2D eigenvalue weighted by molar-refractivity contribution is 0.581. The molecular formula is C11H10Cl2N2O2S2. The van der Waals surface area contributed by atoms with Crippen molar-refractivity contribution in [2.45, 2.75) is 11.4 Å². The summed E-state index contributed by atoms with van der Waals surface area (Å²) in [6, 6.07) is 4.54.